The molecule has 106 valence electrons. The van der Waals surface area contributed by atoms with Crippen molar-refractivity contribution in [2.24, 2.45) is 5.41 Å². The minimum atomic E-state index is -0.976. The first-order valence-corrected chi connectivity index (χ1v) is 5.73. The lowest BCUT2D eigenvalue weighted by atomic mass is 9.95. The van der Waals surface area contributed by atoms with E-state index in [1.807, 2.05) is 0 Å². The Balaban J connectivity index is 2.98. The Morgan fingerprint density at radius 2 is 2.00 bits per heavy atom. The molecule has 0 saturated carbocycles. The van der Waals surface area contributed by atoms with Gasteiger partial charge in [0, 0.05) is 24.6 Å². The number of benzene rings is 1. The second kappa shape index (κ2) is 5.97. The van der Waals surface area contributed by atoms with Gasteiger partial charge in [-0.05, 0) is 6.07 Å². The van der Waals surface area contributed by atoms with Crippen molar-refractivity contribution >= 4 is 11.7 Å². The van der Waals surface area contributed by atoms with Crippen LogP contribution < -0.4 is 5.32 Å². The van der Waals surface area contributed by atoms with Crippen LogP contribution in [-0.4, -0.2) is 31.3 Å². The summed E-state index contributed by atoms with van der Waals surface area (Å²) < 4.78 is 31.4. The molecule has 0 fully saturated rings. The summed E-state index contributed by atoms with van der Waals surface area (Å²) in [6.07, 6.45) is 0. The molecule has 0 heterocycles. The molecular formula is C13H17F2NO3. The van der Waals surface area contributed by atoms with E-state index >= 15 is 0 Å². The maximum atomic E-state index is 13.6. The van der Waals surface area contributed by atoms with Crippen LogP contribution in [0.1, 0.15) is 24.2 Å². The summed E-state index contributed by atoms with van der Waals surface area (Å²) in [4.78, 5) is 11.3. The molecule has 0 amide bonds. The average Bonchev–Trinajstić information content (AvgIpc) is 2.37. The molecule has 0 aromatic heterocycles. The van der Waals surface area contributed by atoms with Crippen LogP contribution in [0.5, 0.6) is 0 Å². The number of esters is 1. The van der Waals surface area contributed by atoms with Crippen molar-refractivity contribution < 1.29 is 23.4 Å². The monoisotopic (exact) mass is 273 g/mol. The van der Waals surface area contributed by atoms with Crippen LogP contribution in [0.2, 0.25) is 0 Å². The highest BCUT2D eigenvalue weighted by Gasteiger charge is 2.20. The zero-order valence-corrected chi connectivity index (χ0v) is 11.1. The molecule has 0 unspecified atom stereocenters. The fraction of sp³-hybridized carbons (Fsp3) is 0.462. The van der Waals surface area contributed by atoms with Crippen molar-refractivity contribution in [3.05, 3.63) is 29.3 Å². The van der Waals surface area contributed by atoms with E-state index < -0.39 is 23.0 Å². The fourth-order valence-corrected chi connectivity index (χ4v) is 1.34. The predicted molar refractivity (Wildman–Crippen MR) is 67.1 cm³/mol. The van der Waals surface area contributed by atoms with Crippen LogP contribution in [0.25, 0.3) is 0 Å². The summed E-state index contributed by atoms with van der Waals surface area (Å²) in [6.45, 7) is 3.74. The second-order valence-electron chi connectivity index (χ2n) is 4.98. The predicted octanol–water partition coefficient (Wildman–Crippen LogP) is 2.18. The van der Waals surface area contributed by atoms with Crippen molar-refractivity contribution in [3.63, 3.8) is 0 Å². The topological polar surface area (TPSA) is 58.6 Å². The maximum Gasteiger partial charge on any atom is 0.340 e. The standard InChI is InChI=1S/C13H17F2NO3/c1-13(2,7-17)6-16-11-4-8(12(18)19-3)9(14)5-10(11)15/h4-5,16-17H,6-7H2,1-3H3. The summed E-state index contributed by atoms with van der Waals surface area (Å²) in [5, 5.41) is 11.8. The first-order valence-electron chi connectivity index (χ1n) is 5.73. The largest absolute Gasteiger partial charge is 0.465 e. The molecule has 4 nitrogen and oxygen atoms in total. The number of methoxy groups -OCH3 is 1. The average molecular weight is 273 g/mol. The lowest BCUT2D eigenvalue weighted by Gasteiger charge is -2.23. The molecule has 0 spiro atoms. The second-order valence-corrected chi connectivity index (χ2v) is 4.98. The molecule has 6 heteroatoms. The number of rotatable bonds is 5. The summed E-state index contributed by atoms with van der Waals surface area (Å²) in [7, 11) is 1.12. The van der Waals surface area contributed by atoms with Crippen molar-refractivity contribution in [2.75, 3.05) is 25.6 Å². The summed E-state index contributed by atoms with van der Waals surface area (Å²) in [6, 6.07) is 1.69. The van der Waals surface area contributed by atoms with Gasteiger partial charge in [-0.3, -0.25) is 0 Å². The number of nitrogens with one attached hydrogen (secondary N) is 1. The highest BCUT2D eigenvalue weighted by Crippen LogP contribution is 2.22. The number of aliphatic hydroxyl groups excluding tert-OH is 1. The van der Waals surface area contributed by atoms with E-state index in [4.69, 9.17) is 5.11 Å². The van der Waals surface area contributed by atoms with Gasteiger partial charge in [-0.1, -0.05) is 13.8 Å². The highest BCUT2D eigenvalue weighted by molar-refractivity contribution is 5.90. The number of hydrogen-bond acceptors (Lipinski definition) is 4. The van der Waals surface area contributed by atoms with Gasteiger partial charge in [-0.2, -0.15) is 0 Å². The van der Waals surface area contributed by atoms with Crippen molar-refractivity contribution in [2.45, 2.75) is 13.8 Å². The number of aliphatic hydroxyl groups is 1. The Morgan fingerprint density at radius 3 is 2.53 bits per heavy atom. The van der Waals surface area contributed by atoms with Gasteiger partial charge in [0.1, 0.15) is 11.6 Å². The number of anilines is 1. The normalized spacial score (nSPS) is 11.3. The molecule has 1 aromatic carbocycles. The van der Waals surface area contributed by atoms with Crippen molar-refractivity contribution in [1.29, 1.82) is 0 Å². The van der Waals surface area contributed by atoms with Crippen LogP contribution in [0.15, 0.2) is 12.1 Å². The van der Waals surface area contributed by atoms with E-state index in [0.717, 1.165) is 13.2 Å². The number of hydrogen-bond donors (Lipinski definition) is 2. The Morgan fingerprint density at radius 1 is 1.37 bits per heavy atom. The molecular weight excluding hydrogens is 256 g/mol. The minimum absolute atomic E-state index is 0.0108. The zero-order chi connectivity index (χ0) is 14.6. The Labute approximate surface area is 110 Å². The lowest BCUT2D eigenvalue weighted by Crippen LogP contribution is -2.27. The molecule has 0 atom stereocenters. The molecule has 0 saturated heterocycles. The summed E-state index contributed by atoms with van der Waals surface area (Å²) in [5.41, 5.74) is -0.816. The molecule has 1 rings (SSSR count). The van der Waals surface area contributed by atoms with E-state index in [1.165, 1.54) is 0 Å². The van der Waals surface area contributed by atoms with Gasteiger partial charge in [0.15, 0.2) is 0 Å². The Bertz CT molecular complexity index is 475. The molecule has 1 aromatic rings. The van der Waals surface area contributed by atoms with Gasteiger partial charge in [0.05, 0.1) is 18.4 Å². The quantitative estimate of drug-likeness (QED) is 0.807. The van der Waals surface area contributed by atoms with Gasteiger partial charge in [0.2, 0.25) is 0 Å². The molecule has 2 N–H and O–H groups in total. The van der Waals surface area contributed by atoms with Crippen molar-refractivity contribution in [1.82, 2.24) is 0 Å². The van der Waals surface area contributed by atoms with E-state index in [0.29, 0.717) is 6.07 Å². The molecule has 0 aliphatic rings. The third-order valence-electron chi connectivity index (χ3n) is 2.65. The Hall–Kier alpha value is -1.69. The van der Waals surface area contributed by atoms with Crippen LogP contribution >= 0.6 is 0 Å². The molecule has 0 aliphatic heterocycles. The summed E-state index contributed by atoms with van der Waals surface area (Å²) >= 11 is 0. The smallest absolute Gasteiger partial charge is 0.340 e. The highest BCUT2D eigenvalue weighted by atomic mass is 19.1. The van der Waals surface area contributed by atoms with Gasteiger partial charge in [-0.15, -0.1) is 0 Å². The van der Waals surface area contributed by atoms with Gasteiger partial charge >= 0.3 is 5.97 Å². The third-order valence-corrected chi connectivity index (χ3v) is 2.65. The molecule has 0 aliphatic carbocycles. The van der Waals surface area contributed by atoms with Gasteiger partial charge in [0.25, 0.3) is 0 Å². The fourth-order valence-electron chi connectivity index (χ4n) is 1.34. The van der Waals surface area contributed by atoms with Crippen molar-refractivity contribution in [3.8, 4) is 0 Å². The van der Waals surface area contributed by atoms with Crippen LogP contribution in [0.4, 0.5) is 14.5 Å². The number of carbonyl (C=O) groups excluding carboxylic acids is 1. The van der Waals surface area contributed by atoms with Gasteiger partial charge < -0.3 is 15.2 Å². The van der Waals surface area contributed by atoms with E-state index in [-0.39, 0.29) is 24.4 Å². The van der Waals surface area contributed by atoms with Crippen LogP contribution in [-0.2, 0) is 4.74 Å². The van der Waals surface area contributed by atoms with Gasteiger partial charge in [-0.25, -0.2) is 13.6 Å². The SMILES string of the molecule is COC(=O)c1cc(NCC(C)(C)CO)c(F)cc1F. The van der Waals surface area contributed by atoms with Crippen LogP contribution in [0, 0.1) is 17.0 Å². The minimum Gasteiger partial charge on any atom is -0.465 e. The number of carbonyl (C=O) groups is 1. The molecule has 0 bridgehead atoms. The van der Waals surface area contributed by atoms with E-state index in [2.05, 4.69) is 10.1 Å². The first kappa shape index (κ1) is 15.4. The van der Waals surface area contributed by atoms with E-state index in [9.17, 15) is 13.6 Å². The van der Waals surface area contributed by atoms with Crippen LogP contribution in [0.3, 0.4) is 0 Å². The van der Waals surface area contributed by atoms with E-state index in [1.54, 1.807) is 13.8 Å². The Kier molecular flexibility index (Phi) is 4.83. The number of halogens is 2. The molecule has 0 radical (unpaired) electrons. The molecule has 19 heavy (non-hydrogen) atoms. The summed E-state index contributed by atoms with van der Waals surface area (Å²) in [5.74, 6) is -2.66. The first-order chi connectivity index (χ1) is 8.80. The zero-order valence-electron chi connectivity index (χ0n) is 11.1. The maximum absolute atomic E-state index is 13.6. The number of ether oxygens (including phenoxy) is 1. The third kappa shape index (κ3) is 3.89. The lowest BCUT2D eigenvalue weighted by molar-refractivity contribution is 0.0595.